The van der Waals surface area contributed by atoms with Gasteiger partial charge in [-0.1, -0.05) is 12.1 Å². The molecule has 0 bridgehead atoms. The molecule has 1 heterocycles. The molecule has 2 amide bonds. The van der Waals surface area contributed by atoms with Crippen molar-refractivity contribution in [1.29, 1.82) is 0 Å². The van der Waals surface area contributed by atoms with E-state index >= 15 is 0 Å². The lowest BCUT2D eigenvalue weighted by atomic mass is 10.1. The van der Waals surface area contributed by atoms with Gasteiger partial charge in [-0.15, -0.1) is 0 Å². The smallest absolute Gasteiger partial charge is 0.261 e. The molecule has 1 N–H and O–H groups in total. The number of fused-ring (bicyclic) bond motifs is 1. The molecule has 0 aliphatic carbocycles. The summed E-state index contributed by atoms with van der Waals surface area (Å²) in [5, 5.41) is 0. The molecule has 4 nitrogen and oxygen atoms in total. The van der Waals surface area contributed by atoms with Gasteiger partial charge >= 0.3 is 0 Å². The number of hydrogen-bond acceptors (Lipinski definition) is 2. The number of benzene rings is 1. The third kappa shape index (κ3) is 2.61. The van der Waals surface area contributed by atoms with Gasteiger partial charge in [0.05, 0.1) is 36.3 Å². The Kier molecular flexibility index (Phi) is 4.23. The maximum Gasteiger partial charge on any atom is 0.261 e. The first kappa shape index (κ1) is 14.7. The number of nitrogens with zero attached hydrogens (tertiary/aromatic N) is 1. The van der Waals surface area contributed by atoms with Crippen molar-refractivity contribution < 1.29 is 14.5 Å². The van der Waals surface area contributed by atoms with E-state index in [9.17, 15) is 9.59 Å². The first-order valence-corrected chi connectivity index (χ1v) is 7.24. The van der Waals surface area contributed by atoms with Crippen LogP contribution in [0, 0.1) is 0 Å². The van der Waals surface area contributed by atoms with Crippen LogP contribution in [0.5, 0.6) is 0 Å². The maximum atomic E-state index is 12.3. The SMILES string of the molecule is CC(C)[NH+](CCN1C(=O)c2ccccc2C1=O)C(C)C. The van der Waals surface area contributed by atoms with E-state index < -0.39 is 0 Å². The number of rotatable bonds is 5. The summed E-state index contributed by atoms with van der Waals surface area (Å²) in [6.45, 7) is 9.93. The first-order chi connectivity index (χ1) is 9.43. The van der Waals surface area contributed by atoms with Gasteiger partial charge in [0, 0.05) is 0 Å². The predicted molar refractivity (Wildman–Crippen MR) is 77.9 cm³/mol. The molecule has 0 atom stereocenters. The fourth-order valence-electron chi connectivity index (χ4n) is 2.93. The Morgan fingerprint density at radius 2 is 1.40 bits per heavy atom. The summed E-state index contributed by atoms with van der Waals surface area (Å²) in [5.41, 5.74) is 1.07. The molecule has 1 aromatic rings. The molecular formula is C16H23N2O2+. The minimum atomic E-state index is -0.155. The molecule has 20 heavy (non-hydrogen) atoms. The fourth-order valence-corrected chi connectivity index (χ4v) is 2.93. The summed E-state index contributed by atoms with van der Waals surface area (Å²) in [5.74, 6) is -0.310. The van der Waals surface area contributed by atoms with E-state index in [0.29, 0.717) is 29.8 Å². The largest absolute Gasteiger partial charge is 0.330 e. The number of carbonyl (C=O) groups excluding carboxylic acids is 2. The van der Waals surface area contributed by atoms with E-state index in [1.165, 1.54) is 9.80 Å². The van der Waals surface area contributed by atoms with Crippen LogP contribution in [0.25, 0.3) is 0 Å². The Bertz CT molecular complexity index is 480. The third-order valence-corrected chi connectivity index (χ3v) is 3.99. The topological polar surface area (TPSA) is 41.8 Å². The quantitative estimate of drug-likeness (QED) is 0.814. The van der Waals surface area contributed by atoms with Crippen molar-refractivity contribution in [1.82, 2.24) is 4.90 Å². The van der Waals surface area contributed by atoms with E-state index in [1.54, 1.807) is 24.3 Å². The highest BCUT2D eigenvalue weighted by Crippen LogP contribution is 2.21. The van der Waals surface area contributed by atoms with E-state index in [0.717, 1.165) is 6.54 Å². The van der Waals surface area contributed by atoms with Gasteiger partial charge in [0.25, 0.3) is 11.8 Å². The van der Waals surface area contributed by atoms with Crippen molar-refractivity contribution in [3.63, 3.8) is 0 Å². The van der Waals surface area contributed by atoms with E-state index in [1.807, 2.05) is 0 Å². The zero-order valence-electron chi connectivity index (χ0n) is 12.6. The molecule has 1 aliphatic rings. The first-order valence-electron chi connectivity index (χ1n) is 7.24. The molecule has 2 rings (SSSR count). The van der Waals surface area contributed by atoms with Crippen LogP contribution >= 0.6 is 0 Å². The molecular weight excluding hydrogens is 252 g/mol. The van der Waals surface area contributed by atoms with Crippen LogP contribution in [0.15, 0.2) is 24.3 Å². The lowest BCUT2D eigenvalue weighted by Crippen LogP contribution is -3.18. The molecule has 1 aliphatic heterocycles. The van der Waals surface area contributed by atoms with Gasteiger partial charge in [-0.2, -0.15) is 0 Å². The molecule has 0 radical (unpaired) electrons. The zero-order valence-corrected chi connectivity index (χ0v) is 12.6. The molecule has 0 unspecified atom stereocenters. The Hall–Kier alpha value is -1.68. The Labute approximate surface area is 120 Å². The normalized spacial score (nSPS) is 14.8. The molecule has 1 aromatic carbocycles. The van der Waals surface area contributed by atoms with Crippen molar-refractivity contribution >= 4 is 11.8 Å². The highest BCUT2D eigenvalue weighted by molar-refractivity contribution is 6.21. The highest BCUT2D eigenvalue weighted by Gasteiger charge is 2.35. The van der Waals surface area contributed by atoms with Crippen LogP contribution in [0.1, 0.15) is 48.4 Å². The van der Waals surface area contributed by atoms with Gasteiger partial charge in [0.15, 0.2) is 0 Å². The molecule has 0 fully saturated rings. The number of quaternary nitrogens is 1. The van der Waals surface area contributed by atoms with Crippen LogP contribution in [0.4, 0.5) is 0 Å². The molecule has 0 aromatic heterocycles. The summed E-state index contributed by atoms with van der Waals surface area (Å²) < 4.78 is 0. The van der Waals surface area contributed by atoms with E-state index in [-0.39, 0.29) is 11.8 Å². The van der Waals surface area contributed by atoms with Gasteiger partial charge in [-0.05, 0) is 39.8 Å². The van der Waals surface area contributed by atoms with Crippen molar-refractivity contribution in [3.05, 3.63) is 35.4 Å². The molecule has 0 saturated heterocycles. The minimum absolute atomic E-state index is 0.155. The van der Waals surface area contributed by atoms with Crippen molar-refractivity contribution in [3.8, 4) is 0 Å². The highest BCUT2D eigenvalue weighted by atomic mass is 16.2. The van der Waals surface area contributed by atoms with Gasteiger partial charge in [-0.25, -0.2) is 0 Å². The van der Waals surface area contributed by atoms with Crippen molar-refractivity contribution in [2.75, 3.05) is 13.1 Å². The second kappa shape index (κ2) is 5.75. The Balaban J connectivity index is 2.09. The average molecular weight is 275 g/mol. The number of imide groups is 1. The van der Waals surface area contributed by atoms with E-state index in [4.69, 9.17) is 0 Å². The van der Waals surface area contributed by atoms with Crippen LogP contribution in [0.2, 0.25) is 0 Å². The monoisotopic (exact) mass is 275 g/mol. The van der Waals surface area contributed by atoms with Crippen molar-refractivity contribution in [2.45, 2.75) is 39.8 Å². The minimum Gasteiger partial charge on any atom is -0.330 e. The van der Waals surface area contributed by atoms with Gasteiger partial charge in [0.1, 0.15) is 0 Å². The second-order valence-electron chi connectivity index (χ2n) is 5.94. The van der Waals surface area contributed by atoms with Crippen LogP contribution < -0.4 is 4.90 Å². The Morgan fingerprint density at radius 3 is 1.80 bits per heavy atom. The number of carbonyl (C=O) groups is 2. The van der Waals surface area contributed by atoms with E-state index in [2.05, 4.69) is 27.7 Å². The van der Waals surface area contributed by atoms with Gasteiger partial charge in [0.2, 0.25) is 0 Å². The summed E-state index contributed by atoms with van der Waals surface area (Å²) >= 11 is 0. The van der Waals surface area contributed by atoms with Crippen LogP contribution in [-0.4, -0.2) is 41.9 Å². The standard InChI is InChI=1S/C16H22N2O2/c1-11(2)17(12(3)4)9-10-18-15(19)13-7-5-6-8-14(13)16(18)20/h5-8,11-12H,9-10H2,1-4H3/p+1. The predicted octanol–water partition coefficient (Wildman–Crippen LogP) is 0.984. The summed E-state index contributed by atoms with van der Waals surface area (Å²) in [6.07, 6.45) is 0. The van der Waals surface area contributed by atoms with Gasteiger partial charge < -0.3 is 4.90 Å². The maximum absolute atomic E-state index is 12.3. The summed E-state index contributed by atoms with van der Waals surface area (Å²) in [4.78, 5) is 27.3. The molecule has 108 valence electrons. The Morgan fingerprint density at radius 1 is 0.950 bits per heavy atom. The lowest BCUT2D eigenvalue weighted by molar-refractivity contribution is -0.941. The number of hydrogen-bond donors (Lipinski definition) is 1. The summed E-state index contributed by atoms with van der Waals surface area (Å²) in [7, 11) is 0. The third-order valence-electron chi connectivity index (χ3n) is 3.99. The number of amides is 2. The zero-order chi connectivity index (χ0) is 14.9. The van der Waals surface area contributed by atoms with Crippen LogP contribution in [0.3, 0.4) is 0 Å². The lowest BCUT2D eigenvalue weighted by Gasteiger charge is -2.28. The molecule has 0 saturated carbocycles. The second-order valence-corrected chi connectivity index (χ2v) is 5.94. The van der Waals surface area contributed by atoms with Crippen molar-refractivity contribution in [2.24, 2.45) is 0 Å². The molecule has 0 spiro atoms. The fraction of sp³-hybridized carbons (Fsp3) is 0.500. The average Bonchev–Trinajstić information content (AvgIpc) is 2.63. The number of nitrogens with one attached hydrogen (secondary N) is 1. The summed E-state index contributed by atoms with van der Waals surface area (Å²) in [6, 6.07) is 8.01. The van der Waals surface area contributed by atoms with Crippen LogP contribution in [-0.2, 0) is 0 Å². The van der Waals surface area contributed by atoms with Gasteiger partial charge in [-0.3, -0.25) is 14.5 Å². The molecule has 4 heteroatoms.